The predicted molar refractivity (Wildman–Crippen MR) is 81.6 cm³/mol. The first-order valence-corrected chi connectivity index (χ1v) is 7.25. The van der Waals surface area contributed by atoms with Crippen LogP contribution in [0.1, 0.15) is 0 Å². The molecule has 0 heterocycles. The van der Waals surface area contributed by atoms with Crippen molar-refractivity contribution >= 4 is 40.6 Å². The second-order valence-corrected chi connectivity index (χ2v) is 5.52. The third kappa shape index (κ3) is 4.09. The monoisotopic (exact) mass is 328 g/mol. The Morgan fingerprint density at radius 2 is 2.00 bits per heavy atom. The normalized spacial score (nSPS) is 10.4. The van der Waals surface area contributed by atoms with Crippen LogP contribution in [0.15, 0.2) is 41.3 Å². The van der Waals surface area contributed by atoms with Crippen LogP contribution >= 0.6 is 23.4 Å². The van der Waals surface area contributed by atoms with Crippen LogP contribution < -0.4 is 11.1 Å². The average molecular weight is 329 g/mol. The highest BCUT2D eigenvalue weighted by atomic mass is 35.5. The van der Waals surface area contributed by atoms with Crippen molar-refractivity contribution in [1.29, 1.82) is 0 Å². The van der Waals surface area contributed by atoms with Gasteiger partial charge in [0, 0.05) is 22.3 Å². The molecule has 21 heavy (non-hydrogen) atoms. The molecule has 2 aromatic carbocycles. The van der Waals surface area contributed by atoms with Crippen molar-refractivity contribution in [2.75, 3.05) is 16.8 Å². The Morgan fingerprint density at radius 1 is 1.24 bits per heavy atom. The van der Waals surface area contributed by atoms with Crippen LogP contribution in [0.2, 0.25) is 5.02 Å². The van der Waals surface area contributed by atoms with E-state index in [-0.39, 0.29) is 17.3 Å². The molecular weight excluding hydrogens is 318 g/mol. The number of anilines is 2. The lowest BCUT2D eigenvalue weighted by atomic mass is 10.3. The molecule has 2 aromatic rings. The number of hydrogen-bond acceptors (Lipinski definition) is 3. The number of thioether (sulfide) groups is 1. The first-order valence-electron chi connectivity index (χ1n) is 5.89. The van der Waals surface area contributed by atoms with Crippen molar-refractivity contribution in [1.82, 2.24) is 0 Å². The molecule has 0 aromatic heterocycles. The van der Waals surface area contributed by atoms with Crippen LogP contribution in [0.25, 0.3) is 0 Å². The summed E-state index contributed by atoms with van der Waals surface area (Å²) in [5.74, 6) is -2.31. The van der Waals surface area contributed by atoms with E-state index in [1.54, 1.807) is 18.2 Å². The van der Waals surface area contributed by atoms with Gasteiger partial charge in [0.25, 0.3) is 0 Å². The summed E-state index contributed by atoms with van der Waals surface area (Å²) in [6, 6.07) is 8.22. The highest BCUT2D eigenvalue weighted by Gasteiger charge is 2.10. The Balaban J connectivity index is 1.97. The maximum absolute atomic E-state index is 13.0. The number of rotatable bonds is 4. The molecule has 0 spiro atoms. The number of halogens is 3. The van der Waals surface area contributed by atoms with Crippen molar-refractivity contribution in [2.45, 2.75) is 4.90 Å². The Labute approximate surface area is 129 Å². The van der Waals surface area contributed by atoms with Crippen LogP contribution in [0.3, 0.4) is 0 Å². The molecule has 1 amide bonds. The quantitative estimate of drug-likeness (QED) is 0.660. The van der Waals surface area contributed by atoms with Gasteiger partial charge in [-0.25, -0.2) is 8.78 Å². The summed E-state index contributed by atoms with van der Waals surface area (Å²) in [6.45, 7) is 0. The Bertz CT molecular complexity index is 662. The minimum Gasteiger partial charge on any atom is -0.398 e. The van der Waals surface area contributed by atoms with E-state index in [1.165, 1.54) is 17.8 Å². The summed E-state index contributed by atoms with van der Waals surface area (Å²) in [5, 5.41) is 2.93. The van der Waals surface area contributed by atoms with Gasteiger partial charge in [0.1, 0.15) is 0 Å². The number of hydrogen-bond donors (Lipinski definition) is 2. The molecule has 3 nitrogen and oxygen atoms in total. The average Bonchev–Trinajstić information content (AvgIpc) is 2.42. The van der Waals surface area contributed by atoms with Crippen molar-refractivity contribution in [2.24, 2.45) is 0 Å². The number of carbonyl (C=O) groups is 1. The summed E-state index contributed by atoms with van der Waals surface area (Å²) < 4.78 is 25.8. The van der Waals surface area contributed by atoms with E-state index in [0.717, 1.165) is 12.1 Å². The van der Waals surface area contributed by atoms with Crippen molar-refractivity contribution in [3.63, 3.8) is 0 Å². The van der Waals surface area contributed by atoms with E-state index in [1.807, 2.05) is 0 Å². The molecule has 110 valence electrons. The summed E-state index contributed by atoms with van der Waals surface area (Å²) >= 11 is 7.16. The Kier molecular flexibility index (Phi) is 5.03. The molecule has 0 atom stereocenters. The predicted octanol–water partition coefficient (Wildman–Crippen LogP) is 3.93. The first kappa shape index (κ1) is 15.6. The van der Waals surface area contributed by atoms with Crippen LogP contribution in [0.5, 0.6) is 0 Å². The minimum atomic E-state index is -1.02. The highest BCUT2D eigenvalue weighted by Crippen LogP contribution is 2.32. The van der Waals surface area contributed by atoms with E-state index in [0.29, 0.717) is 15.6 Å². The van der Waals surface area contributed by atoms with E-state index >= 15 is 0 Å². The molecule has 0 fully saturated rings. The van der Waals surface area contributed by atoms with E-state index in [4.69, 9.17) is 17.3 Å². The lowest BCUT2D eigenvalue weighted by Crippen LogP contribution is -2.14. The van der Waals surface area contributed by atoms with Gasteiger partial charge in [-0.1, -0.05) is 17.7 Å². The zero-order valence-corrected chi connectivity index (χ0v) is 12.3. The molecule has 0 aliphatic carbocycles. The van der Waals surface area contributed by atoms with Gasteiger partial charge in [0.05, 0.1) is 10.8 Å². The van der Waals surface area contributed by atoms with Gasteiger partial charge in [-0.15, -0.1) is 11.8 Å². The maximum atomic E-state index is 13.0. The lowest BCUT2D eigenvalue weighted by Gasteiger charge is -2.08. The number of carbonyl (C=O) groups excluding carboxylic acids is 1. The van der Waals surface area contributed by atoms with Crippen molar-refractivity contribution < 1.29 is 13.6 Å². The van der Waals surface area contributed by atoms with Crippen LogP contribution in [0, 0.1) is 11.6 Å². The van der Waals surface area contributed by atoms with Crippen molar-refractivity contribution in [3.8, 4) is 0 Å². The molecule has 7 heteroatoms. The van der Waals surface area contributed by atoms with Crippen molar-refractivity contribution in [3.05, 3.63) is 53.1 Å². The third-order valence-corrected chi connectivity index (χ3v) is 4.13. The third-order valence-electron chi connectivity index (χ3n) is 2.55. The SMILES string of the molecule is Nc1cccc(Cl)c1SCC(=O)Nc1ccc(F)c(F)c1. The van der Waals surface area contributed by atoms with Crippen LogP contribution in [-0.2, 0) is 4.79 Å². The van der Waals surface area contributed by atoms with Gasteiger partial charge in [-0.2, -0.15) is 0 Å². The molecule has 0 aliphatic rings. The number of amides is 1. The van der Waals surface area contributed by atoms with E-state index in [9.17, 15) is 13.6 Å². The minimum absolute atomic E-state index is 0.0485. The zero-order valence-electron chi connectivity index (χ0n) is 10.7. The first-order chi connectivity index (χ1) is 9.97. The number of nitrogen functional groups attached to an aromatic ring is 1. The second-order valence-electron chi connectivity index (χ2n) is 4.12. The topological polar surface area (TPSA) is 55.1 Å². The number of nitrogens with one attached hydrogen (secondary N) is 1. The molecule has 0 aliphatic heterocycles. The highest BCUT2D eigenvalue weighted by molar-refractivity contribution is 8.00. The number of nitrogens with two attached hydrogens (primary N) is 1. The fourth-order valence-electron chi connectivity index (χ4n) is 1.59. The Hall–Kier alpha value is -1.79. The standard InChI is InChI=1S/C14H11ClF2N2OS/c15-9-2-1-3-12(18)14(9)21-7-13(20)19-8-4-5-10(16)11(17)6-8/h1-6H,7,18H2,(H,19,20). The van der Waals surface area contributed by atoms with Crippen LogP contribution in [0.4, 0.5) is 20.2 Å². The van der Waals surface area contributed by atoms with Gasteiger partial charge < -0.3 is 11.1 Å². The molecule has 0 saturated carbocycles. The molecule has 0 radical (unpaired) electrons. The van der Waals surface area contributed by atoms with Gasteiger partial charge in [-0.3, -0.25) is 4.79 Å². The van der Waals surface area contributed by atoms with E-state index in [2.05, 4.69) is 5.32 Å². The lowest BCUT2D eigenvalue weighted by molar-refractivity contribution is -0.113. The van der Waals surface area contributed by atoms with Gasteiger partial charge >= 0.3 is 0 Å². The smallest absolute Gasteiger partial charge is 0.234 e. The molecule has 0 bridgehead atoms. The summed E-state index contributed by atoms with van der Waals surface area (Å²) in [4.78, 5) is 12.4. The summed E-state index contributed by atoms with van der Waals surface area (Å²) in [6.07, 6.45) is 0. The maximum Gasteiger partial charge on any atom is 0.234 e. The molecule has 2 rings (SSSR count). The van der Waals surface area contributed by atoms with Gasteiger partial charge in [-0.05, 0) is 24.3 Å². The van der Waals surface area contributed by atoms with Gasteiger partial charge in [0.2, 0.25) is 5.91 Å². The largest absolute Gasteiger partial charge is 0.398 e. The van der Waals surface area contributed by atoms with E-state index < -0.39 is 11.6 Å². The molecular formula is C14H11ClF2N2OS. The van der Waals surface area contributed by atoms with Crippen LogP contribution in [-0.4, -0.2) is 11.7 Å². The molecule has 3 N–H and O–H groups in total. The van der Waals surface area contributed by atoms with Gasteiger partial charge in [0.15, 0.2) is 11.6 Å². The molecule has 0 saturated heterocycles. The zero-order chi connectivity index (χ0) is 15.4. The summed E-state index contributed by atoms with van der Waals surface area (Å²) in [5.41, 5.74) is 6.43. The Morgan fingerprint density at radius 3 is 2.67 bits per heavy atom. The second kappa shape index (κ2) is 6.78. The summed E-state index contributed by atoms with van der Waals surface area (Å²) in [7, 11) is 0. The fourth-order valence-corrected chi connectivity index (χ4v) is 2.72. The molecule has 0 unspecified atom stereocenters. The fraction of sp³-hybridized carbons (Fsp3) is 0.0714. The number of benzene rings is 2.